The molecule has 2 aromatic rings. The number of ether oxygens (including phenoxy) is 1. The van der Waals surface area contributed by atoms with E-state index in [0.29, 0.717) is 5.13 Å². The third-order valence-corrected chi connectivity index (χ3v) is 4.32. The van der Waals surface area contributed by atoms with Gasteiger partial charge in [-0.25, -0.2) is 9.78 Å². The van der Waals surface area contributed by atoms with E-state index in [2.05, 4.69) is 48.5 Å². The number of carbonyl (C=O) groups is 2. The molecule has 146 valence electrons. The maximum Gasteiger partial charge on any atom is 0.408 e. The first-order valence-electron chi connectivity index (χ1n) is 8.77. The number of nitrogens with zero attached hydrogens (tertiary/aromatic N) is 1. The summed E-state index contributed by atoms with van der Waals surface area (Å²) >= 11 is 1.34. The van der Waals surface area contributed by atoms with Crippen LogP contribution in [-0.4, -0.2) is 29.1 Å². The number of thiazole rings is 1. The van der Waals surface area contributed by atoms with Crippen molar-refractivity contribution in [3.63, 3.8) is 0 Å². The van der Waals surface area contributed by atoms with Gasteiger partial charge in [0.2, 0.25) is 5.91 Å². The summed E-state index contributed by atoms with van der Waals surface area (Å²) in [5, 5.41) is 7.51. The molecule has 0 bridgehead atoms. The molecule has 1 aromatic carbocycles. The van der Waals surface area contributed by atoms with E-state index in [1.165, 1.54) is 16.9 Å². The lowest BCUT2D eigenvalue weighted by atomic mass is 9.86. The molecule has 0 unspecified atom stereocenters. The van der Waals surface area contributed by atoms with Crippen LogP contribution >= 0.6 is 11.3 Å². The lowest BCUT2D eigenvalue weighted by molar-refractivity contribution is -0.115. The first-order valence-corrected chi connectivity index (χ1v) is 9.65. The Balaban J connectivity index is 1.96. The molecule has 0 saturated carbocycles. The van der Waals surface area contributed by atoms with Crippen molar-refractivity contribution < 1.29 is 14.3 Å². The highest BCUT2D eigenvalue weighted by molar-refractivity contribution is 7.14. The van der Waals surface area contributed by atoms with Crippen molar-refractivity contribution in [2.24, 2.45) is 0 Å². The van der Waals surface area contributed by atoms with E-state index in [0.717, 1.165) is 11.3 Å². The number of aromatic nitrogens is 1. The molecule has 2 N–H and O–H groups in total. The van der Waals surface area contributed by atoms with Gasteiger partial charge in [0.15, 0.2) is 5.13 Å². The summed E-state index contributed by atoms with van der Waals surface area (Å²) in [6.07, 6.45) is -0.628. The predicted molar refractivity (Wildman–Crippen MR) is 109 cm³/mol. The molecule has 2 rings (SSSR count). The molecular weight excluding hydrogens is 362 g/mol. The van der Waals surface area contributed by atoms with Gasteiger partial charge in [0.25, 0.3) is 0 Å². The van der Waals surface area contributed by atoms with Gasteiger partial charge >= 0.3 is 6.09 Å². The molecule has 6 nitrogen and oxygen atoms in total. The van der Waals surface area contributed by atoms with Crippen molar-refractivity contribution in [2.75, 3.05) is 11.9 Å². The largest absolute Gasteiger partial charge is 0.444 e. The van der Waals surface area contributed by atoms with Crippen molar-refractivity contribution in [2.45, 2.75) is 52.6 Å². The Hall–Kier alpha value is -2.41. The molecule has 0 aliphatic rings. The molecule has 0 radical (unpaired) electrons. The predicted octanol–water partition coefficient (Wildman–Crippen LogP) is 4.57. The maximum absolute atomic E-state index is 12.0. The number of benzene rings is 1. The van der Waals surface area contributed by atoms with Crippen LogP contribution < -0.4 is 10.6 Å². The van der Waals surface area contributed by atoms with Gasteiger partial charge in [-0.15, -0.1) is 11.3 Å². The summed E-state index contributed by atoms with van der Waals surface area (Å²) in [5.74, 6) is -0.356. The molecule has 0 saturated heterocycles. The standard InChI is InChI=1S/C20H27N3O3S/c1-19(2,3)14-9-7-8-13(10-14)15-12-27-17(22-15)23-16(24)11-21-18(25)26-20(4,5)6/h7-10,12H,11H2,1-6H3,(H,21,25)(H,22,23,24). The van der Waals surface area contributed by atoms with Crippen LogP contribution in [0.2, 0.25) is 0 Å². The van der Waals surface area contributed by atoms with Gasteiger partial charge in [-0.2, -0.15) is 0 Å². The SMILES string of the molecule is CC(C)(C)OC(=O)NCC(=O)Nc1nc(-c2cccc(C(C)(C)C)c2)cs1. The third-order valence-electron chi connectivity index (χ3n) is 3.57. The fourth-order valence-electron chi connectivity index (χ4n) is 2.24. The summed E-state index contributed by atoms with van der Waals surface area (Å²) in [4.78, 5) is 28.1. The normalized spacial score (nSPS) is 11.8. The van der Waals surface area contributed by atoms with E-state index < -0.39 is 11.7 Å². The highest BCUT2D eigenvalue weighted by Gasteiger charge is 2.17. The van der Waals surface area contributed by atoms with Crippen LogP contribution in [0.3, 0.4) is 0 Å². The summed E-state index contributed by atoms with van der Waals surface area (Å²) in [7, 11) is 0. The minimum Gasteiger partial charge on any atom is -0.444 e. The van der Waals surface area contributed by atoms with Gasteiger partial charge in [-0.1, -0.05) is 39.0 Å². The van der Waals surface area contributed by atoms with Crippen molar-refractivity contribution in [3.8, 4) is 11.3 Å². The second-order valence-electron chi connectivity index (χ2n) is 8.27. The van der Waals surface area contributed by atoms with Gasteiger partial charge in [0.1, 0.15) is 12.1 Å². The van der Waals surface area contributed by atoms with Crippen molar-refractivity contribution in [1.29, 1.82) is 0 Å². The zero-order valence-electron chi connectivity index (χ0n) is 16.7. The quantitative estimate of drug-likeness (QED) is 0.803. The first-order chi connectivity index (χ1) is 12.4. The van der Waals surface area contributed by atoms with Crippen LogP contribution in [0.15, 0.2) is 29.6 Å². The maximum atomic E-state index is 12.0. The average molecular weight is 390 g/mol. The molecule has 1 aromatic heterocycles. The van der Waals surface area contributed by atoms with Gasteiger partial charge < -0.3 is 15.4 Å². The number of rotatable bonds is 4. The number of hydrogen-bond acceptors (Lipinski definition) is 5. The molecule has 27 heavy (non-hydrogen) atoms. The minimum absolute atomic E-state index is 0.0520. The molecule has 0 spiro atoms. The van der Waals surface area contributed by atoms with Gasteiger partial charge in [-0.3, -0.25) is 4.79 Å². The van der Waals surface area contributed by atoms with Crippen LogP contribution in [0.25, 0.3) is 11.3 Å². The Morgan fingerprint density at radius 3 is 2.48 bits per heavy atom. The Kier molecular flexibility index (Phi) is 6.26. The van der Waals surface area contributed by atoms with E-state index in [9.17, 15) is 9.59 Å². The van der Waals surface area contributed by atoms with Gasteiger partial charge in [-0.05, 0) is 37.8 Å². The topological polar surface area (TPSA) is 80.3 Å². The van der Waals surface area contributed by atoms with Crippen molar-refractivity contribution >= 4 is 28.5 Å². The summed E-state index contributed by atoms with van der Waals surface area (Å²) < 4.78 is 5.10. The molecule has 0 fully saturated rings. The van der Waals surface area contributed by atoms with Gasteiger partial charge in [0.05, 0.1) is 5.69 Å². The van der Waals surface area contributed by atoms with Crippen LogP contribution in [0.4, 0.5) is 9.93 Å². The van der Waals surface area contributed by atoms with E-state index in [4.69, 9.17) is 4.74 Å². The smallest absolute Gasteiger partial charge is 0.408 e. The Morgan fingerprint density at radius 2 is 1.85 bits per heavy atom. The average Bonchev–Trinajstić information content (AvgIpc) is 2.99. The third kappa shape index (κ3) is 6.67. The zero-order chi connectivity index (χ0) is 20.2. The second kappa shape index (κ2) is 8.08. The van der Waals surface area contributed by atoms with Crippen LogP contribution in [-0.2, 0) is 14.9 Å². The highest BCUT2D eigenvalue weighted by atomic mass is 32.1. The molecule has 1 heterocycles. The molecule has 7 heteroatoms. The molecule has 0 atom stereocenters. The van der Waals surface area contributed by atoms with Crippen LogP contribution in [0.5, 0.6) is 0 Å². The summed E-state index contributed by atoms with van der Waals surface area (Å²) in [6.45, 7) is 11.6. The number of carbonyl (C=O) groups excluding carboxylic acids is 2. The number of amides is 2. The minimum atomic E-state index is -0.628. The molecular formula is C20H27N3O3S. The fraction of sp³-hybridized carbons (Fsp3) is 0.450. The Morgan fingerprint density at radius 1 is 1.15 bits per heavy atom. The lowest BCUT2D eigenvalue weighted by Gasteiger charge is -2.19. The second-order valence-corrected chi connectivity index (χ2v) is 9.13. The number of nitrogens with one attached hydrogen (secondary N) is 2. The van der Waals surface area contributed by atoms with Crippen LogP contribution in [0, 0.1) is 0 Å². The van der Waals surface area contributed by atoms with Crippen molar-refractivity contribution in [1.82, 2.24) is 10.3 Å². The Labute approximate surface area is 164 Å². The first kappa shape index (κ1) is 20.9. The van der Waals surface area contributed by atoms with E-state index in [1.54, 1.807) is 20.8 Å². The summed E-state index contributed by atoms with van der Waals surface area (Å²) in [6, 6.07) is 8.23. The summed E-state index contributed by atoms with van der Waals surface area (Å²) in [5.41, 5.74) is 2.48. The Bertz CT molecular complexity index is 816. The number of hydrogen-bond donors (Lipinski definition) is 2. The molecule has 0 aliphatic heterocycles. The monoisotopic (exact) mass is 389 g/mol. The van der Waals surface area contributed by atoms with E-state index in [-0.39, 0.29) is 17.9 Å². The van der Waals surface area contributed by atoms with E-state index >= 15 is 0 Å². The number of alkyl carbamates (subject to hydrolysis) is 1. The fourth-order valence-corrected chi connectivity index (χ4v) is 2.97. The molecule has 2 amide bonds. The number of anilines is 1. The van der Waals surface area contributed by atoms with Crippen molar-refractivity contribution in [3.05, 3.63) is 35.2 Å². The van der Waals surface area contributed by atoms with Gasteiger partial charge in [0, 0.05) is 10.9 Å². The highest BCUT2D eigenvalue weighted by Crippen LogP contribution is 2.29. The molecule has 0 aliphatic carbocycles. The zero-order valence-corrected chi connectivity index (χ0v) is 17.5. The van der Waals surface area contributed by atoms with E-state index in [1.807, 2.05) is 17.5 Å². The lowest BCUT2D eigenvalue weighted by Crippen LogP contribution is -2.37. The van der Waals surface area contributed by atoms with Crippen LogP contribution in [0.1, 0.15) is 47.1 Å².